The second-order valence-electron chi connectivity index (χ2n) is 3.51. The fourth-order valence-electron chi connectivity index (χ4n) is 1.30. The molecule has 6 heteroatoms. The Balaban J connectivity index is 2.33. The van der Waals surface area contributed by atoms with Gasteiger partial charge >= 0.3 is 0 Å². The molecule has 0 bridgehead atoms. The molecule has 1 aromatic rings. The van der Waals surface area contributed by atoms with Crippen LogP contribution in [0.3, 0.4) is 0 Å². The number of nitrogens with zero attached hydrogens (tertiary/aromatic N) is 2. The van der Waals surface area contributed by atoms with Crippen molar-refractivity contribution in [3.63, 3.8) is 0 Å². The van der Waals surface area contributed by atoms with E-state index in [0.29, 0.717) is 6.54 Å². The lowest BCUT2D eigenvalue weighted by Crippen LogP contribution is -2.26. The molecule has 6 N–H and O–H groups in total. The Bertz CT molecular complexity index is 406. The Hall–Kier alpha value is -2.11. The SMILES string of the molecule is NC(N)=NC(N)=NCCCc1ccc(F)cc1. The monoisotopic (exact) mass is 237 g/mol. The molecule has 17 heavy (non-hydrogen) atoms. The van der Waals surface area contributed by atoms with Crippen LogP contribution in [0, 0.1) is 5.82 Å². The summed E-state index contributed by atoms with van der Waals surface area (Å²) in [7, 11) is 0. The van der Waals surface area contributed by atoms with Crippen LogP contribution in [-0.2, 0) is 6.42 Å². The first-order valence-corrected chi connectivity index (χ1v) is 5.22. The second-order valence-corrected chi connectivity index (χ2v) is 3.51. The van der Waals surface area contributed by atoms with Crippen molar-refractivity contribution in [1.82, 2.24) is 0 Å². The lowest BCUT2D eigenvalue weighted by atomic mass is 10.1. The average molecular weight is 237 g/mol. The molecular formula is C11H16FN5. The summed E-state index contributed by atoms with van der Waals surface area (Å²) in [5.41, 5.74) is 16.8. The Labute approximate surface area is 99.2 Å². The third-order valence-corrected chi connectivity index (χ3v) is 2.05. The summed E-state index contributed by atoms with van der Waals surface area (Å²) in [4.78, 5) is 7.55. The standard InChI is InChI=1S/C11H16FN5/c12-9-5-3-8(4-6-9)2-1-7-16-11(15)17-10(13)14/h3-6H,1-2,7H2,(H6,13,14,15,16,17). The Morgan fingerprint density at radius 2 is 1.76 bits per heavy atom. The van der Waals surface area contributed by atoms with Crippen LogP contribution in [0.25, 0.3) is 0 Å². The van der Waals surface area contributed by atoms with Gasteiger partial charge in [-0.3, -0.25) is 4.99 Å². The summed E-state index contributed by atoms with van der Waals surface area (Å²) in [5, 5.41) is 0. The van der Waals surface area contributed by atoms with Crippen molar-refractivity contribution in [1.29, 1.82) is 0 Å². The molecule has 0 aliphatic heterocycles. The smallest absolute Gasteiger partial charge is 0.218 e. The normalized spacial score (nSPS) is 11.2. The van der Waals surface area contributed by atoms with E-state index >= 15 is 0 Å². The number of hydrogen-bond donors (Lipinski definition) is 3. The van der Waals surface area contributed by atoms with Gasteiger partial charge in [-0.15, -0.1) is 0 Å². The molecule has 0 saturated heterocycles. The quantitative estimate of drug-likeness (QED) is 0.400. The van der Waals surface area contributed by atoms with Crippen molar-refractivity contribution in [2.45, 2.75) is 12.8 Å². The lowest BCUT2D eigenvalue weighted by Gasteiger charge is -1.99. The van der Waals surface area contributed by atoms with Crippen molar-refractivity contribution >= 4 is 11.9 Å². The number of nitrogens with two attached hydrogens (primary N) is 3. The molecule has 1 rings (SSSR count). The molecule has 0 aliphatic rings. The maximum absolute atomic E-state index is 12.6. The largest absolute Gasteiger partial charge is 0.370 e. The summed E-state index contributed by atoms with van der Waals surface area (Å²) in [5.74, 6) is -0.266. The first kappa shape index (κ1) is 13.0. The number of aliphatic imine (C=N–C) groups is 2. The zero-order valence-electron chi connectivity index (χ0n) is 9.44. The number of rotatable bonds is 4. The third kappa shape index (κ3) is 5.50. The first-order chi connectivity index (χ1) is 8.08. The fraction of sp³-hybridized carbons (Fsp3) is 0.273. The van der Waals surface area contributed by atoms with Crippen molar-refractivity contribution in [2.24, 2.45) is 27.2 Å². The highest BCUT2D eigenvalue weighted by Crippen LogP contribution is 2.05. The van der Waals surface area contributed by atoms with Gasteiger partial charge < -0.3 is 17.2 Å². The van der Waals surface area contributed by atoms with Crippen LogP contribution in [-0.4, -0.2) is 18.5 Å². The van der Waals surface area contributed by atoms with E-state index in [2.05, 4.69) is 9.98 Å². The molecule has 0 radical (unpaired) electrons. The van der Waals surface area contributed by atoms with Gasteiger partial charge in [-0.05, 0) is 30.5 Å². The van der Waals surface area contributed by atoms with Gasteiger partial charge in [0, 0.05) is 6.54 Å². The van der Waals surface area contributed by atoms with Crippen LogP contribution in [0.1, 0.15) is 12.0 Å². The highest BCUT2D eigenvalue weighted by atomic mass is 19.1. The molecular weight excluding hydrogens is 221 g/mol. The number of hydrogen-bond acceptors (Lipinski definition) is 1. The zero-order valence-corrected chi connectivity index (χ0v) is 9.44. The van der Waals surface area contributed by atoms with Gasteiger partial charge in [0.25, 0.3) is 0 Å². The minimum atomic E-state index is -0.233. The van der Waals surface area contributed by atoms with Gasteiger partial charge in [-0.25, -0.2) is 4.39 Å². The molecule has 5 nitrogen and oxygen atoms in total. The zero-order chi connectivity index (χ0) is 12.7. The molecule has 0 amide bonds. The number of guanidine groups is 2. The van der Waals surface area contributed by atoms with Gasteiger partial charge in [-0.1, -0.05) is 12.1 Å². The van der Waals surface area contributed by atoms with Crippen LogP contribution >= 0.6 is 0 Å². The van der Waals surface area contributed by atoms with E-state index in [0.717, 1.165) is 18.4 Å². The molecule has 92 valence electrons. The van der Waals surface area contributed by atoms with Crippen molar-refractivity contribution < 1.29 is 4.39 Å². The van der Waals surface area contributed by atoms with E-state index in [1.807, 2.05) is 0 Å². The van der Waals surface area contributed by atoms with Gasteiger partial charge in [0.1, 0.15) is 5.82 Å². The van der Waals surface area contributed by atoms with Crippen LogP contribution in [0.2, 0.25) is 0 Å². The number of benzene rings is 1. The molecule has 0 heterocycles. The topological polar surface area (TPSA) is 103 Å². The molecule has 0 spiro atoms. The van der Waals surface area contributed by atoms with Crippen LogP contribution in [0.15, 0.2) is 34.3 Å². The second kappa shape index (κ2) is 6.47. The van der Waals surface area contributed by atoms with Crippen LogP contribution < -0.4 is 17.2 Å². The van der Waals surface area contributed by atoms with E-state index < -0.39 is 0 Å². The van der Waals surface area contributed by atoms with Gasteiger partial charge in [0.2, 0.25) is 5.96 Å². The maximum atomic E-state index is 12.6. The summed E-state index contributed by atoms with van der Waals surface area (Å²) < 4.78 is 12.6. The number of aryl methyl sites for hydroxylation is 1. The number of halogens is 1. The van der Waals surface area contributed by atoms with E-state index in [4.69, 9.17) is 17.2 Å². The van der Waals surface area contributed by atoms with Crippen LogP contribution in [0.5, 0.6) is 0 Å². The molecule has 0 fully saturated rings. The Morgan fingerprint density at radius 3 is 2.35 bits per heavy atom. The minimum absolute atomic E-state index is 0.0732. The highest BCUT2D eigenvalue weighted by Gasteiger charge is 1.94. The van der Waals surface area contributed by atoms with E-state index in [-0.39, 0.29) is 17.7 Å². The van der Waals surface area contributed by atoms with Crippen molar-refractivity contribution in [3.8, 4) is 0 Å². The predicted molar refractivity (Wildman–Crippen MR) is 67.0 cm³/mol. The molecule has 0 atom stereocenters. The summed E-state index contributed by atoms with van der Waals surface area (Å²) in [6.45, 7) is 0.528. The van der Waals surface area contributed by atoms with Gasteiger partial charge in [0.15, 0.2) is 5.96 Å². The maximum Gasteiger partial charge on any atom is 0.218 e. The van der Waals surface area contributed by atoms with Crippen LogP contribution in [0.4, 0.5) is 4.39 Å². The molecule has 1 aromatic carbocycles. The molecule has 0 aromatic heterocycles. The van der Waals surface area contributed by atoms with Crippen molar-refractivity contribution in [2.75, 3.05) is 6.54 Å². The first-order valence-electron chi connectivity index (χ1n) is 5.22. The Morgan fingerprint density at radius 1 is 1.12 bits per heavy atom. The summed E-state index contributed by atoms with van der Waals surface area (Å²) in [6.07, 6.45) is 1.60. The molecule has 0 aliphatic carbocycles. The van der Waals surface area contributed by atoms with Crippen molar-refractivity contribution in [3.05, 3.63) is 35.6 Å². The average Bonchev–Trinajstić information content (AvgIpc) is 2.26. The van der Waals surface area contributed by atoms with E-state index in [1.54, 1.807) is 12.1 Å². The predicted octanol–water partition coefficient (Wildman–Crippen LogP) is 0.346. The van der Waals surface area contributed by atoms with Gasteiger partial charge in [-0.2, -0.15) is 4.99 Å². The summed E-state index contributed by atoms with van der Waals surface area (Å²) >= 11 is 0. The summed E-state index contributed by atoms with van der Waals surface area (Å²) in [6, 6.07) is 6.37. The molecule has 0 saturated carbocycles. The third-order valence-electron chi connectivity index (χ3n) is 2.05. The van der Waals surface area contributed by atoms with E-state index in [1.165, 1.54) is 12.1 Å². The lowest BCUT2D eigenvalue weighted by molar-refractivity contribution is 0.626. The van der Waals surface area contributed by atoms with E-state index in [9.17, 15) is 4.39 Å². The van der Waals surface area contributed by atoms with Gasteiger partial charge in [0.05, 0.1) is 0 Å². The highest BCUT2D eigenvalue weighted by molar-refractivity contribution is 5.92. The minimum Gasteiger partial charge on any atom is -0.370 e. The fourth-order valence-corrected chi connectivity index (χ4v) is 1.30. The Kier molecular flexibility index (Phi) is 4.93. The molecule has 0 unspecified atom stereocenters.